The van der Waals surface area contributed by atoms with Gasteiger partial charge in [0, 0.05) is 0 Å². The second kappa shape index (κ2) is 5.22. The predicted molar refractivity (Wildman–Crippen MR) is 73.4 cm³/mol. The number of para-hydroxylation sites is 1. The quantitative estimate of drug-likeness (QED) is 0.484. The Bertz CT molecular complexity index is 629. The van der Waals surface area contributed by atoms with Crippen molar-refractivity contribution in [2.24, 2.45) is 5.16 Å². The minimum absolute atomic E-state index is 0.0117. The van der Waals surface area contributed by atoms with Crippen molar-refractivity contribution in [2.75, 3.05) is 0 Å². The van der Waals surface area contributed by atoms with Gasteiger partial charge in [-0.05, 0) is 37.8 Å². The summed E-state index contributed by atoms with van der Waals surface area (Å²) in [6.45, 7) is 0. The zero-order valence-electron chi connectivity index (χ0n) is 10.6. The predicted octanol–water partition coefficient (Wildman–Crippen LogP) is 2.93. The highest BCUT2D eigenvalue weighted by atomic mass is 16.4. The molecular formula is C14H16N4O. The Morgan fingerprint density at radius 2 is 2.05 bits per heavy atom. The number of allylic oxidation sites excluding steroid dienone is 2. The van der Waals surface area contributed by atoms with Crippen LogP contribution >= 0.6 is 0 Å². The van der Waals surface area contributed by atoms with Gasteiger partial charge in [-0.1, -0.05) is 34.7 Å². The Labute approximate surface area is 111 Å². The minimum Gasteiger partial charge on any atom is -0.411 e. The summed E-state index contributed by atoms with van der Waals surface area (Å²) in [4.78, 5) is 0. The standard InChI is InChI=1S/C14H16N4O/c19-16-12-8-3-1-2-4-9-14(12)18-13-10-6-5-7-11(13)15-17-18/h1-2,5-7,10,14,19H,3-4,8-9H2/b2-1-,16-12-. The van der Waals surface area contributed by atoms with Crippen LogP contribution in [0.15, 0.2) is 41.6 Å². The van der Waals surface area contributed by atoms with E-state index in [9.17, 15) is 5.21 Å². The van der Waals surface area contributed by atoms with Crippen molar-refractivity contribution in [3.05, 3.63) is 36.4 Å². The molecule has 0 spiro atoms. The van der Waals surface area contributed by atoms with Crippen molar-refractivity contribution < 1.29 is 5.21 Å². The van der Waals surface area contributed by atoms with Gasteiger partial charge in [0.1, 0.15) is 5.52 Å². The first-order valence-electron chi connectivity index (χ1n) is 6.56. The Kier molecular flexibility index (Phi) is 3.27. The van der Waals surface area contributed by atoms with E-state index in [1.54, 1.807) is 0 Å². The van der Waals surface area contributed by atoms with Crippen LogP contribution in [0, 0.1) is 0 Å². The van der Waals surface area contributed by atoms with E-state index in [0.29, 0.717) is 0 Å². The van der Waals surface area contributed by atoms with E-state index < -0.39 is 0 Å². The van der Waals surface area contributed by atoms with Gasteiger partial charge in [0.2, 0.25) is 0 Å². The lowest BCUT2D eigenvalue weighted by atomic mass is 9.98. The van der Waals surface area contributed by atoms with Crippen molar-refractivity contribution in [3.63, 3.8) is 0 Å². The summed E-state index contributed by atoms with van der Waals surface area (Å²) in [5.41, 5.74) is 2.63. The maximum atomic E-state index is 9.25. The number of benzene rings is 1. The molecule has 2 aromatic rings. The fraction of sp³-hybridized carbons (Fsp3) is 0.357. The topological polar surface area (TPSA) is 63.3 Å². The van der Waals surface area contributed by atoms with Crippen molar-refractivity contribution in [2.45, 2.75) is 31.7 Å². The fourth-order valence-corrected chi connectivity index (χ4v) is 2.55. The smallest absolute Gasteiger partial charge is 0.113 e. The minimum atomic E-state index is -0.0117. The van der Waals surface area contributed by atoms with E-state index in [-0.39, 0.29) is 6.04 Å². The van der Waals surface area contributed by atoms with Gasteiger partial charge < -0.3 is 5.21 Å². The van der Waals surface area contributed by atoms with Crippen molar-refractivity contribution in [1.82, 2.24) is 15.0 Å². The highest BCUT2D eigenvalue weighted by Crippen LogP contribution is 2.24. The van der Waals surface area contributed by atoms with Crippen molar-refractivity contribution >= 4 is 16.7 Å². The second-order valence-electron chi connectivity index (χ2n) is 4.72. The van der Waals surface area contributed by atoms with Gasteiger partial charge in [0.25, 0.3) is 0 Å². The molecule has 1 N–H and O–H groups in total. The van der Waals surface area contributed by atoms with Gasteiger partial charge >= 0.3 is 0 Å². The first-order valence-corrected chi connectivity index (χ1v) is 6.56. The van der Waals surface area contributed by atoms with Crippen LogP contribution in [0.3, 0.4) is 0 Å². The molecule has 0 aliphatic heterocycles. The molecule has 1 unspecified atom stereocenters. The maximum Gasteiger partial charge on any atom is 0.113 e. The zero-order chi connectivity index (χ0) is 13.1. The molecule has 3 rings (SSSR count). The molecule has 1 atom stereocenters. The molecule has 1 aliphatic rings. The van der Waals surface area contributed by atoms with Gasteiger partial charge in [-0.3, -0.25) is 0 Å². The van der Waals surface area contributed by atoms with E-state index >= 15 is 0 Å². The number of fused-ring (bicyclic) bond motifs is 1. The molecule has 1 aromatic heterocycles. The van der Waals surface area contributed by atoms with Crippen LogP contribution in [0.2, 0.25) is 0 Å². The summed E-state index contributed by atoms with van der Waals surface area (Å²) in [5.74, 6) is 0. The number of aromatic nitrogens is 3. The molecule has 1 aromatic carbocycles. The largest absolute Gasteiger partial charge is 0.411 e. The highest BCUT2D eigenvalue weighted by Gasteiger charge is 2.22. The summed E-state index contributed by atoms with van der Waals surface area (Å²) < 4.78 is 1.88. The fourth-order valence-electron chi connectivity index (χ4n) is 2.55. The molecule has 0 bridgehead atoms. The average Bonchev–Trinajstić information content (AvgIpc) is 2.83. The number of hydrogen-bond acceptors (Lipinski definition) is 4. The lowest BCUT2D eigenvalue weighted by Crippen LogP contribution is -2.21. The number of nitrogens with zero attached hydrogens (tertiary/aromatic N) is 4. The van der Waals surface area contributed by atoms with Crippen LogP contribution in [-0.2, 0) is 0 Å². The maximum absolute atomic E-state index is 9.25. The molecule has 0 radical (unpaired) electrons. The first kappa shape index (κ1) is 11.9. The SMILES string of the molecule is O/N=C1/CC/C=C\CCC1n1nnc2ccccc21. The van der Waals surface area contributed by atoms with Gasteiger partial charge in [0.05, 0.1) is 17.3 Å². The van der Waals surface area contributed by atoms with E-state index in [2.05, 4.69) is 27.6 Å². The van der Waals surface area contributed by atoms with Crippen LogP contribution in [0.25, 0.3) is 11.0 Å². The lowest BCUT2D eigenvalue weighted by Gasteiger charge is -2.19. The second-order valence-corrected chi connectivity index (χ2v) is 4.72. The van der Waals surface area contributed by atoms with Crippen LogP contribution < -0.4 is 0 Å². The summed E-state index contributed by atoms with van der Waals surface area (Å²) in [7, 11) is 0. The van der Waals surface area contributed by atoms with E-state index in [0.717, 1.165) is 42.4 Å². The lowest BCUT2D eigenvalue weighted by molar-refractivity contribution is 0.311. The van der Waals surface area contributed by atoms with Gasteiger partial charge in [-0.25, -0.2) is 4.68 Å². The summed E-state index contributed by atoms with van der Waals surface area (Å²) in [6, 6.07) is 7.85. The Hall–Kier alpha value is -2.17. The molecule has 19 heavy (non-hydrogen) atoms. The monoisotopic (exact) mass is 256 g/mol. The number of rotatable bonds is 1. The van der Waals surface area contributed by atoms with E-state index in [1.165, 1.54) is 0 Å². The van der Waals surface area contributed by atoms with Crippen LogP contribution in [0.1, 0.15) is 31.7 Å². The van der Waals surface area contributed by atoms with E-state index in [4.69, 9.17) is 0 Å². The summed E-state index contributed by atoms with van der Waals surface area (Å²) in [6.07, 6.45) is 7.82. The molecule has 0 amide bonds. The average molecular weight is 256 g/mol. The van der Waals surface area contributed by atoms with Crippen LogP contribution in [0.5, 0.6) is 0 Å². The first-order chi connectivity index (χ1) is 9.40. The highest BCUT2D eigenvalue weighted by molar-refractivity contribution is 5.89. The van der Waals surface area contributed by atoms with Crippen molar-refractivity contribution in [1.29, 1.82) is 0 Å². The third kappa shape index (κ3) is 2.23. The summed E-state index contributed by atoms with van der Waals surface area (Å²) in [5, 5.41) is 21.2. The zero-order valence-corrected chi connectivity index (χ0v) is 10.6. The van der Waals surface area contributed by atoms with Gasteiger partial charge in [-0.2, -0.15) is 0 Å². The molecule has 0 saturated heterocycles. The van der Waals surface area contributed by atoms with Crippen LogP contribution in [0.4, 0.5) is 0 Å². The Balaban J connectivity index is 2.04. The Morgan fingerprint density at radius 3 is 2.95 bits per heavy atom. The molecule has 0 saturated carbocycles. The molecule has 1 aliphatic carbocycles. The van der Waals surface area contributed by atoms with Gasteiger partial charge in [-0.15, -0.1) is 5.10 Å². The molecule has 0 fully saturated rings. The Morgan fingerprint density at radius 1 is 1.21 bits per heavy atom. The molecule has 5 nitrogen and oxygen atoms in total. The molecule has 98 valence electrons. The van der Waals surface area contributed by atoms with Gasteiger partial charge in [0.15, 0.2) is 0 Å². The number of oxime groups is 1. The molecule has 5 heteroatoms. The third-order valence-corrected chi connectivity index (χ3v) is 3.53. The van der Waals surface area contributed by atoms with Crippen molar-refractivity contribution in [3.8, 4) is 0 Å². The normalized spacial score (nSPS) is 24.2. The van der Waals surface area contributed by atoms with E-state index in [1.807, 2.05) is 28.9 Å². The summed E-state index contributed by atoms with van der Waals surface area (Å²) >= 11 is 0. The molecular weight excluding hydrogens is 240 g/mol. The third-order valence-electron chi connectivity index (χ3n) is 3.53. The molecule has 1 heterocycles. The number of hydrogen-bond donors (Lipinski definition) is 1. The van der Waals surface area contributed by atoms with Crippen LogP contribution in [-0.4, -0.2) is 25.9 Å².